The van der Waals surface area contributed by atoms with Crippen molar-refractivity contribution in [2.75, 3.05) is 4.90 Å². The number of allylic oxidation sites excluding steroid dienone is 1. The summed E-state index contributed by atoms with van der Waals surface area (Å²) < 4.78 is 0. The van der Waals surface area contributed by atoms with Gasteiger partial charge in [0.1, 0.15) is 0 Å². The molecule has 0 saturated carbocycles. The lowest BCUT2D eigenvalue weighted by Crippen LogP contribution is -2.25. The number of benzene rings is 3. The molecule has 1 amide bonds. The number of fused-ring (bicyclic) bond motifs is 2. The maximum atomic E-state index is 12.7. The lowest BCUT2D eigenvalue weighted by molar-refractivity contribution is -0.117. The van der Waals surface area contributed by atoms with Crippen LogP contribution in [-0.4, -0.2) is 11.7 Å². The molecule has 0 fully saturated rings. The fourth-order valence-electron chi connectivity index (χ4n) is 3.11. The lowest BCUT2D eigenvalue weighted by atomic mass is 10.1. The Hall–Kier alpha value is -2.85. The maximum Gasteiger partial charge on any atom is 0.230 e. The van der Waals surface area contributed by atoms with E-state index in [1.165, 1.54) is 11.8 Å². The minimum absolute atomic E-state index is 0.0280. The predicted molar refractivity (Wildman–Crippen MR) is 106 cm³/mol. The molecule has 0 bridgehead atoms. The summed E-state index contributed by atoms with van der Waals surface area (Å²) in [5, 5.41) is 2.05. The Kier molecular flexibility index (Phi) is 4.35. The first-order chi connectivity index (χ1) is 12.7. The second-order valence-corrected chi connectivity index (χ2v) is 7.12. The molecule has 4 heteroatoms. The Morgan fingerprint density at radius 3 is 2.54 bits per heavy atom. The summed E-state index contributed by atoms with van der Waals surface area (Å²) in [6.45, 7) is 1.83. The van der Waals surface area contributed by atoms with E-state index in [0.29, 0.717) is 16.9 Å². The van der Waals surface area contributed by atoms with Crippen molar-refractivity contribution < 1.29 is 9.59 Å². The Bertz CT molecular complexity index is 1050. The summed E-state index contributed by atoms with van der Waals surface area (Å²) in [4.78, 5) is 28.5. The van der Waals surface area contributed by atoms with Gasteiger partial charge in [0.2, 0.25) is 11.7 Å². The molecule has 0 spiro atoms. The van der Waals surface area contributed by atoms with Crippen LogP contribution in [0.4, 0.5) is 5.69 Å². The second kappa shape index (κ2) is 6.81. The van der Waals surface area contributed by atoms with Gasteiger partial charge in [-0.05, 0) is 23.6 Å². The van der Waals surface area contributed by atoms with Crippen molar-refractivity contribution in [1.82, 2.24) is 0 Å². The van der Waals surface area contributed by atoms with Crippen LogP contribution in [0.2, 0.25) is 0 Å². The Morgan fingerprint density at radius 1 is 1.00 bits per heavy atom. The minimum atomic E-state index is -0.0433. The lowest BCUT2D eigenvalue weighted by Gasteiger charge is -2.20. The van der Waals surface area contributed by atoms with Crippen molar-refractivity contribution in [3.8, 4) is 0 Å². The molecule has 0 unspecified atom stereocenters. The number of rotatable bonds is 3. The van der Waals surface area contributed by atoms with Crippen LogP contribution < -0.4 is 4.90 Å². The zero-order valence-corrected chi connectivity index (χ0v) is 15.1. The van der Waals surface area contributed by atoms with E-state index < -0.39 is 0 Å². The van der Waals surface area contributed by atoms with Crippen LogP contribution in [-0.2, 0) is 4.79 Å². The molecule has 3 aromatic carbocycles. The van der Waals surface area contributed by atoms with Crippen molar-refractivity contribution in [2.24, 2.45) is 0 Å². The topological polar surface area (TPSA) is 37.4 Å². The van der Waals surface area contributed by atoms with E-state index in [9.17, 15) is 9.59 Å². The van der Waals surface area contributed by atoms with E-state index in [-0.39, 0.29) is 11.7 Å². The smallest absolute Gasteiger partial charge is 0.230 e. The van der Waals surface area contributed by atoms with Gasteiger partial charge in [0.05, 0.1) is 10.6 Å². The molecule has 1 aliphatic heterocycles. The molecule has 3 aromatic rings. The van der Waals surface area contributed by atoms with E-state index in [4.69, 9.17) is 0 Å². The molecule has 4 rings (SSSR count). The number of carbonyl (C=O) groups excluding carboxylic acids is 2. The number of hydrogen-bond donors (Lipinski definition) is 0. The first-order valence-corrected chi connectivity index (χ1v) is 9.34. The molecule has 0 N–H and O–H groups in total. The van der Waals surface area contributed by atoms with E-state index in [1.54, 1.807) is 11.1 Å². The highest BCUT2D eigenvalue weighted by atomic mass is 32.2. The zero-order chi connectivity index (χ0) is 18.1. The average molecular weight is 359 g/mol. The third-order valence-corrected chi connectivity index (χ3v) is 5.51. The third-order valence-electron chi connectivity index (χ3n) is 4.42. The van der Waals surface area contributed by atoms with Gasteiger partial charge in [-0.25, -0.2) is 0 Å². The van der Waals surface area contributed by atoms with Crippen LogP contribution in [0.15, 0.2) is 82.7 Å². The second-order valence-electron chi connectivity index (χ2n) is 6.04. The van der Waals surface area contributed by atoms with Gasteiger partial charge in [0, 0.05) is 28.5 Å². The van der Waals surface area contributed by atoms with Gasteiger partial charge in [-0.15, -0.1) is 0 Å². The number of amides is 1. The van der Waals surface area contributed by atoms with E-state index in [2.05, 4.69) is 0 Å². The van der Waals surface area contributed by atoms with E-state index >= 15 is 0 Å². The van der Waals surface area contributed by atoms with Gasteiger partial charge in [-0.3, -0.25) is 14.5 Å². The Balaban J connectivity index is 1.82. The molecule has 3 nitrogen and oxygen atoms in total. The SMILES string of the molecule is CCC(=O)N(/C=C1/Sc2ccccc2C1=O)c1cccc2ccccc12. The van der Waals surface area contributed by atoms with Crippen molar-refractivity contribution in [1.29, 1.82) is 0 Å². The zero-order valence-electron chi connectivity index (χ0n) is 14.3. The number of ketones is 1. The van der Waals surface area contributed by atoms with Gasteiger partial charge in [0.15, 0.2) is 0 Å². The van der Waals surface area contributed by atoms with E-state index in [0.717, 1.165) is 21.4 Å². The number of anilines is 1. The Labute approximate surface area is 156 Å². The van der Waals surface area contributed by atoms with Crippen molar-refractivity contribution in [3.63, 3.8) is 0 Å². The predicted octanol–water partition coefficient (Wildman–Crippen LogP) is 5.41. The molecular formula is C22H17NO2S. The standard InChI is InChI=1S/C22H17NO2S/c1-2-21(24)23(18-12-7-9-15-8-3-4-10-16(15)18)14-20-22(25)17-11-5-6-13-19(17)26-20/h3-14H,2H2,1H3/b20-14+. The van der Waals surface area contributed by atoms with Crippen LogP contribution >= 0.6 is 11.8 Å². The quantitative estimate of drug-likeness (QED) is 0.587. The number of carbonyl (C=O) groups is 2. The van der Waals surface area contributed by atoms with Crippen LogP contribution in [0.3, 0.4) is 0 Å². The van der Waals surface area contributed by atoms with Crippen LogP contribution in [0.25, 0.3) is 10.8 Å². The first-order valence-electron chi connectivity index (χ1n) is 8.52. The number of hydrogen-bond acceptors (Lipinski definition) is 3. The van der Waals surface area contributed by atoms with Gasteiger partial charge < -0.3 is 0 Å². The first kappa shape index (κ1) is 16.6. The van der Waals surface area contributed by atoms with Crippen LogP contribution in [0.1, 0.15) is 23.7 Å². The highest BCUT2D eigenvalue weighted by Crippen LogP contribution is 2.40. The van der Waals surface area contributed by atoms with Gasteiger partial charge in [-0.2, -0.15) is 0 Å². The molecule has 128 valence electrons. The summed E-state index contributed by atoms with van der Waals surface area (Å²) >= 11 is 1.42. The summed E-state index contributed by atoms with van der Waals surface area (Å²) in [6.07, 6.45) is 2.05. The Morgan fingerprint density at radius 2 is 1.73 bits per heavy atom. The van der Waals surface area contributed by atoms with Crippen molar-refractivity contribution in [3.05, 3.63) is 83.4 Å². The summed E-state index contributed by atoms with van der Waals surface area (Å²) in [5.74, 6) is -0.0713. The van der Waals surface area contributed by atoms with Crippen LogP contribution in [0, 0.1) is 0 Å². The van der Waals surface area contributed by atoms with Crippen molar-refractivity contribution >= 4 is 39.9 Å². The minimum Gasteiger partial charge on any atom is -0.288 e. The average Bonchev–Trinajstić information content (AvgIpc) is 3.01. The highest BCUT2D eigenvalue weighted by molar-refractivity contribution is 8.04. The number of nitrogens with zero attached hydrogens (tertiary/aromatic N) is 1. The normalized spacial score (nSPS) is 14.7. The highest BCUT2D eigenvalue weighted by Gasteiger charge is 2.27. The van der Waals surface area contributed by atoms with Crippen molar-refractivity contribution in [2.45, 2.75) is 18.2 Å². The molecule has 0 atom stereocenters. The molecule has 1 aliphatic rings. The fourth-order valence-corrected chi connectivity index (χ4v) is 4.12. The van der Waals surface area contributed by atoms with Gasteiger partial charge in [0.25, 0.3) is 0 Å². The van der Waals surface area contributed by atoms with Crippen LogP contribution in [0.5, 0.6) is 0 Å². The van der Waals surface area contributed by atoms with Gasteiger partial charge >= 0.3 is 0 Å². The summed E-state index contributed by atoms with van der Waals surface area (Å²) in [6, 6.07) is 21.4. The maximum absolute atomic E-state index is 12.7. The summed E-state index contributed by atoms with van der Waals surface area (Å²) in [7, 11) is 0. The van der Waals surface area contributed by atoms with E-state index in [1.807, 2.05) is 73.7 Å². The number of Topliss-reactive ketones (excluding diaryl/α,β-unsaturated/α-hetero) is 1. The summed E-state index contributed by atoms with van der Waals surface area (Å²) in [5.41, 5.74) is 1.50. The molecule has 1 heterocycles. The third kappa shape index (κ3) is 2.82. The molecular weight excluding hydrogens is 342 g/mol. The monoisotopic (exact) mass is 359 g/mol. The largest absolute Gasteiger partial charge is 0.288 e. The molecule has 0 saturated heterocycles. The molecule has 26 heavy (non-hydrogen) atoms. The number of thioether (sulfide) groups is 1. The molecule has 0 aromatic heterocycles. The molecule has 0 aliphatic carbocycles. The fraction of sp³-hybridized carbons (Fsp3) is 0.0909. The molecule has 0 radical (unpaired) electrons. The van der Waals surface area contributed by atoms with Gasteiger partial charge in [-0.1, -0.05) is 67.2 Å².